The molecule has 20 heavy (non-hydrogen) atoms. The maximum absolute atomic E-state index is 11.4. The van der Waals surface area contributed by atoms with E-state index in [0.29, 0.717) is 11.5 Å². The standard InChI is InChI=1S/C14H19NO5/c1-10(2)15-13(16)8-20-14(17)9-19-12-7-5-4-6-11(12)18-3/h4-7,10H,8-9H2,1-3H3,(H,15,16). The van der Waals surface area contributed by atoms with Crippen LogP contribution in [0.4, 0.5) is 0 Å². The van der Waals surface area contributed by atoms with Crippen LogP contribution in [0.5, 0.6) is 11.5 Å². The van der Waals surface area contributed by atoms with Crippen LogP contribution in [0, 0.1) is 0 Å². The molecule has 0 aliphatic carbocycles. The summed E-state index contributed by atoms with van der Waals surface area (Å²) in [4.78, 5) is 22.7. The number of hydrogen-bond acceptors (Lipinski definition) is 5. The number of benzene rings is 1. The molecule has 1 aromatic carbocycles. The van der Waals surface area contributed by atoms with E-state index in [1.807, 2.05) is 13.8 Å². The first kappa shape index (κ1) is 15.8. The van der Waals surface area contributed by atoms with E-state index in [4.69, 9.17) is 14.2 Å². The van der Waals surface area contributed by atoms with Crippen molar-refractivity contribution >= 4 is 11.9 Å². The summed E-state index contributed by atoms with van der Waals surface area (Å²) in [5.74, 6) is 0.0110. The summed E-state index contributed by atoms with van der Waals surface area (Å²) in [6.07, 6.45) is 0. The molecule has 0 aliphatic heterocycles. The van der Waals surface area contributed by atoms with Crippen molar-refractivity contribution in [2.24, 2.45) is 0 Å². The number of amides is 1. The van der Waals surface area contributed by atoms with Crippen molar-refractivity contribution in [1.29, 1.82) is 0 Å². The second-order valence-electron chi connectivity index (χ2n) is 4.32. The van der Waals surface area contributed by atoms with Gasteiger partial charge < -0.3 is 19.5 Å². The lowest BCUT2D eigenvalue weighted by Crippen LogP contribution is -2.34. The van der Waals surface area contributed by atoms with E-state index in [1.54, 1.807) is 24.3 Å². The second kappa shape index (κ2) is 8.04. The van der Waals surface area contributed by atoms with Crippen molar-refractivity contribution in [3.63, 3.8) is 0 Å². The smallest absolute Gasteiger partial charge is 0.344 e. The Hall–Kier alpha value is -2.24. The molecule has 6 heteroatoms. The first-order valence-electron chi connectivity index (χ1n) is 6.23. The van der Waals surface area contributed by atoms with Gasteiger partial charge in [0, 0.05) is 6.04 Å². The monoisotopic (exact) mass is 281 g/mol. The Bertz CT molecular complexity index is 459. The van der Waals surface area contributed by atoms with Crippen LogP contribution in [-0.4, -0.2) is 38.2 Å². The predicted molar refractivity (Wildman–Crippen MR) is 72.7 cm³/mol. The van der Waals surface area contributed by atoms with Crippen LogP contribution in [0.2, 0.25) is 0 Å². The average molecular weight is 281 g/mol. The molecule has 1 rings (SSSR count). The van der Waals surface area contributed by atoms with Crippen molar-refractivity contribution in [3.05, 3.63) is 24.3 Å². The molecule has 0 saturated carbocycles. The Balaban J connectivity index is 2.35. The van der Waals surface area contributed by atoms with Crippen LogP contribution >= 0.6 is 0 Å². The Morgan fingerprint density at radius 3 is 2.40 bits per heavy atom. The van der Waals surface area contributed by atoms with E-state index in [2.05, 4.69) is 5.32 Å². The van der Waals surface area contributed by atoms with Crippen LogP contribution in [0.3, 0.4) is 0 Å². The third-order valence-corrected chi connectivity index (χ3v) is 2.23. The molecule has 110 valence electrons. The van der Waals surface area contributed by atoms with Gasteiger partial charge in [-0.05, 0) is 26.0 Å². The SMILES string of the molecule is COc1ccccc1OCC(=O)OCC(=O)NC(C)C. The summed E-state index contributed by atoms with van der Waals surface area (Å²) in [6, 6.07) is 6.96. The quantitative estimate of drug-likeness (QED) is 0.759. The van der Waals surface area contributed by atoms with E-state index >= 15 is 0 Å². The highest BCUT2D eigenvalue weighted by Crippen LogP contribution is 2.25. The number of esters is 1. The maximum Gasteiger partial charge on any atom is 0.344 e. The summed E-state index contributed by atoms with van der Waals surface area (Å²) in [5, 5.41) is 2.61. The van der Waals surface area contributed by atoms with Gasteiger partial charge in [-0.2, -0.15) is 0 Å². The lowest BCUT2D eigenvalue weighted by molar-refractivity contribution is -0.150. The number of nitrogens with one attached hydrogen (secondary N) is 1. The molecule has 1 N–H and O–H groups in total. The number of para-hydroxylation sites is 2. The molecular weight excluding hydrogens is 262 g/mol. The van der Waals surface area contributed by atoms with E-state index in [-0.39, 0.29) is 25.2 Å². The van der Waals surface area contributed by atoms with Gasteiger partial charge in [-0.25, -0.2) is 4.79 Å². The van der Waals surface area contributed by atoms with E-state index in [1.165, 1.54) is 7.11 Å². The molecular formula is C14H19NO5. The van der Waals surface area contributed by atoms with Crippen molar-refractivity contribution in [2.75, 3.05) is 20.3 Å². The minimum atomic E-state index is -0.616. The van der Waals surface area contributed by atoms with Gasteiger partial charge in [-0.15, -0.1) is 0 Å². The van der Waals surface area contributed by atoms with Crippen LogP contribution in [0.1, 0.15) is 13.8 Å². The zero-order valence-corrected chi connectivity index (χ0v) is 11.8. The Labute approximate surface area is 118 Å². The van der Waals surface area contributed by atoms with Crippen LogP contribution in [-0.2, 0) is 14.3 Å². The van der Waals surface area contributed by atoms with Gasteiger partial charge in [-0.1, -0.05) is 12.1 Å². The molecule has 0 spiro atoms. The number of rotatable bonds is 7. The van der Waals surface area contributed by atoms with Crippen molar-refractivity contribution in [3.8, 4) is 11.5 Å². The van der Waals surface area contributed by atoms with Gasteiger partial charge in [0.1, 0.15) is 0 Å². The summed E-state index contributed by atoms with van der Waals surface area (Å²) >= 11 is 0. The molecule has 0 unspecified atom stereocenters. The number of ether oxygens (including phenoxy) is 3. The minimum Gasteiger partial charge on any atom is -0.493 e. The van der Waals surface area contributed by atoms with Crippen LogP contribution < -0.4 is 14.8 Å². The summed E-state index contributed by atoms with van der Waals surface area (Å²) < 4.78 is 15.1. The second-order valence-corrected chi connectivity index (χ2v) is 4.32. The Kier molecular flexibility index (Phi) is 6.36. The number of methoxy groups -OCH3 is 1. The molecule has 0 saturated heterocycles. The highest BCUT2D eigenvalue weighted by molar-refractivity contribution is 5.81. The van der Waals surface area contributed by atoms with Crippen molar-refractivity contribution in [2.45, 2.75) is 19.9 Å². The van der Waals surface area contributed by atoms with Crippen molar-refractivity contribution < 1.29 is 23.8 Å². The van der Waals surface area contributed by atoms with Gasteiger partial charge >= 0.3 is 5.97 Å². The number of carbonyl (C=O) groups is 2. The molecule has 0 fully saturated rings. The average Bonchev–Trinajstić information content (AvgIpc) is 2.42. The molecule has 1 aromatic rings. The lowest BCUT2D eigenvalue weighted by atomic mass is 10.3. The molecule has 1 amide bonds. The van der Waals surface area contributed by atoms with E-state index in [0.717, 1.165) is 0 Å². The van der Waals surface area contributed by atoms with E-state index in [9.17, 15) is 9.59 Å². The fourth-order valence-electron chi connectivity index (χ4n) is 1.43. The number of carbonyl (C=O) groups excluding carboxylic acids is 2. The molecule has 0 bridgehead atoms. The van der Waals surface area contributed by atoms with Gasteiger partial charge in [0.2, 0.25) is 0 Å². The minimum absolute atomic E-state index is 0.00559. The summed E-state index contributed by atoms with van der Waals surface area (Å²) in [5.41, 5.74) is 0. The highest BCUT2D eigenvalue weighted by atomic mass is 16.6. The van der Waals surface area contributed by atoms with Gasteiger partial charge in [0.25, 0.3) is 5.91 Å². The van der Waals surface area contributed by atoms with Crippen LogP contribution in [0.25, 0.3) is 0 Å². The molecule has 6 nitrogen and oxygen atoms in total. The molecule has 0 radical (unpaired) electrons. The van der Waals surface area contributed by atoms with Gasteiger partial charge in [0.05, 0.1) is 7.11 Å². The maximum atomic E-state index is 11.4. The molecule has 0 atom stereocenters. The normalized spacial score (nSPS) is 10.0. The zero-order valence-electron chi connectivity index (χ0n) is 11.8. The first-order chi connectivity index (χ1) is 9.52. The molecule has 0 heterocycles. The summed E-state index contributed by atoms with van der Waals surface area (Å²) in [6.45, 7) is 3.05. The lowest BCUT2D eigenvalue weighted by Gasteiger charge is -2.11. The summed E-state index contributed by atoms with van der Waals surface area (Å²) in [7, 11) is 1.51. The van der Waals surface area contributed by atoms with Gasteiger partial charge in [0.15, 0.2) is 24.7 Å². The molecule has 0 aliphatic rings. The third-order valence-electron chi connectivity index (χ3n) is 2.23. The fraction of sp³-hybridized carbons (Fsp3) is 0.429. The predicted octanol–water partition coefficient (Wildman–Crippen LogP) is 1.14. The fourth-order valence-corrected chi connectivity index (χ4v) is 1.43. The topological polar surface area (TPSA) is 73.9 Å². The zero-order chi connectivity index (χ0) is 15.0. The Morgan fingerprint density at radius 1 is 1.15 bits per heavy atom. The Morgan fingerprint density at radius 2 is 1.80 bits per heavy atom. The molecule has 0 aromatic heterocycles. The van der Waals surface area contributed by atoms with Gasteiger partial charge in [-0.3, -0.25) is 4.79 Å². The first-order valence-corrected chi connectivity index (χ1v) is 6.23. The largest absolute Gasteiger partial charge is 0.493 e. The van der Waals surface area contributed by atoms with Crippen molar-refractivity contribution in [1.82, 2.24) is 5.32 Å². The third kappa shape index (κ3) is 5.60. The number of hydrogen-bond donors (Lipinski definition) is 1. The van der Waals surface area contributed by atoms with E-state index < -0.39 is 5.97 Å². The highest BCUT2D eigenvalue weighted by Gasteiger charge is 2.10. The van der Waals surface area contributed by atoms with Crippen LogP contribution in [0.15, 0.2) is 24.3 Å².